The molecule has 1 spiro atoms. The molecule has 2 aliphatic rings. The summed E-state index contributed by atoms with van der Waals surface area (Å²) in [6, 6.07) is 12.4. The van der Waals surface area contributed by atoms with E-state index >= 15 is 0 Å². The summed E-state index contributed by atoms with van der Waals surface area (Å²) in [5.74, 6) is 0.768. The molecule has 0 bridgehead atoms. The molecule has 3 N–H and O–H groups in total. The monoisotopic (exact) mass is 409 g/mol. The number of aliphatic imine (C=N–C) groups is 1. The van der Waals surface area contributed by atoms with Gasteiger partial charge >= 0.3 is 0 Å². The standard InChI is InChI=1S/C23H27N3O4/c1-15(27)26-12-10-23(11-13-26)24-18(16-6-3-4-8-20(16)28)14-19(25-23)17-7-5-9-21(30-2)22(17)29/h3-9,19,25,28-29H,10-14H2,1-2H3. The van der Waals surface area contributed by atoms with Gasteiger partial charge < -0.3 is 19.8 Å². The van der Waals surface area contributed by atoms with Crippen LogP contribution in [0.2, 0.25) is 0 Å². The molecule has 158 valence electrons. The van der Waals surface area contributed by atoms with Gasteiger partial charge in [0.1, 0.15) is 11.4 Å². The Bertz CT molecular complexity index is 980. The Kier molecular flexibility index (Phi) is 5.39. The second-order valence-corrected chi connectivity index (χ2v) is 7.91. The van der Waals surface area contributed by atoms with Gasteiger partial charge in [-0.25, -0.2) is 0 Å². The predicted octanol–water partition coefficient (Wildman–Crippen LogP) is 2.97. The summed E-state index contributed by atoms with van der Waals surface area (Å²) in [6.45, 7) is 2.80. The molecule has 1 fully saturated rings. The number of aromatic hydroxyl groups is 2. The zero-order valence-electron chi connectivity index (χ0n) is 17.3. The van der Waals surface area contributed by atoms with Crippen molar-refractivity contribution in [2.45, 2.75) is 37.9 Å². The van der Waals surface area contributed by atoms with E-state index in [0.717, 1.165) is 11.3 Å². The Morgan fingerprint density at radius 1 is 1.17 bits per heavy atom. The summed E-state index contributed by atoms with van der Waals surface area (Å²) in [7, 11) is 1.53. The molecular formula is C23H27N3O4. The number of carbonyl (C=O) groups is 1. The molecule has 4 rings (SSSR count). The largest absolute Gasteiger partial charge is 0.507 e. The molecule has 2 heterocycles. The van der Waals surface area contributed by atoms with Gasteiger partial charge in [-0.2, -0.15) is 0 Å². The molecule has 2 aliphatic heterocycles. The average Bonchev–Trinajstić information content (AvgIpc) is 2.74. The Morgan fingerprint density at radius 3 is 2.57 bits per heavy atom. The minimum absolute atomic E-state index is 0.0626. The maximum absolute atomic E-state index is 11.8. The van der Waals surface area contributed by atoms with Crippen LogP contribution in [0, 0.1) is 0 Å². The molecule has 7 nitrogen and oxygen atoms in total. The number of nitrogens with one attached hydrogen (secondary N) is 1. The number of hydrogen-bond donors (Lipinski definition) is 3. The molecule has 0 radical (unpaired) electrons. The van der Waals surface area contributed by atoms with Crippen molar-refractivity contribution in [1.82, 2.24) is 10.2 Å². The Morgan fingerprint density at radius 2 is 1.90 bits per heavy atom. The lowest BCUT2D eigenvalue weighted by atomic mass is 9.87. The van der Waals surface area contributed by atoms with Crippen LogP contribution in [0.25, 0.3) is 0 Å². The SMILES string of the molecule is COc1cccc(C2CC(c3ccccc3O)=NC3(CCN(C(C)=O)CC3)N2)c1O. The van der Waals surface area contributed by atoms with Crippen LogP contribution in [-0.4, -0.2) is 52.6 Å². The third-order valence-corrected chi connectivity index (χ3v) is 6.07. The van der Waals surface area contributed by atoms with E-state index in [1.165, 1.54) is 7.11 Å². The molecule has 2 aromatic carbocycles. The number of para-hydroxylation sites is 2. The third-order valence-electron chi connectivity index (χ3n) is 6.07. The van der Waals surface area contributed by atoms with E-state index in [0.29, 0.717) is 43.7 Å². The van der Waals surface area contributed by atoms with Crippen molar-refractivity contribution < 1.29 is 19.7 Å². The minimum Gasteiger partial charge on any atom is -0.507 e. The van der Waals surface area contributed by atoms with Gasteiger partial charge in [-0.3, -0.25) is 15.1 Å². The molecule has 2 aromatic rings. The van der Waals surface area contributed by atoms with Crippen LogP contribution in [0.15, 0.2) is 47.5 Å². The van der Waals surface area contributed by atoms with Gasteiger partial charge in [0.05, 0.1) is 7.11 Å². The molecule has 0 saturated carbocycles. The van der Waals surface area contributed by atoms with Gasteiger partial charge in [-0.1, -0.05) is 24.3 Å². The van der Waals surface area contributed by atoms with Gasteiger partial charge in [0.2, 0.25) is 5.91 Å². The molecule has 0 aromatic heterocycles. The zero-order valence-corrected chi connectivity index (χ0v) is 17.3. The number of phenolic OH excluding ortho intramolecular Hbond substituents is 2. The molecule has 30 heavy (non-hydrogen) atoms. The average molecular weight is 409 g/mol. The smallest absolute Gasteiger partial charge is 0.219 e. The zero-order chi connectivity index (χ0) is 21.3. The molecule has 1 unspecified atom stereocenters. The van der Waals surface area contributed by atoms with E-state index in [1.807, 2.05) is 29.2 Å². The van der Waals surface area contributed by atoms with E-state index in [9.17, 15) is 15.0 Å². The highest BCUT2D eigenvalue weighted by Crippen LogP contribution is 2.41. The van der Waals surface area contributed by atoms with Crippen molar-refractivity contribution in [3.05, 3.63) is 53.6 Å². The van der Waals surface area contributed by atoms with Gasteiger partial charge in [-0.15, -0.1) is 0 Å². The van der Waals surface area contributed by atoms with Crippen LogP contribution < -0.4 is 10.1 Å². The fourth-order valence-electron chi connectivity index (χ4n) is 4.41. The topological polar surface area (TPSA) is 94.4 Å². The maximum atomic E-state index is 11.8. The quantitative estimate of drug-likeness (QED) is 0.725. The molecule has 1 amide bonds. The van der Waals surface area contributed by atoms with Crippen molar-refractivity contribution in [3.63, 3.8) is 0 Å². The first kappa shape index (κ1) is 20.2. The van der Waals surface area contributed by atoms with Crippen molar-refractivity contribution in [3.8, 4) is 17.2 Å². The van der Waals surface area contributed by atoms with E-state index < -0.39 is 5.66 Å². The van der Waals surface area contributed by atoms with Crippen molar-refractivity contribution in [2.75, 3.05) is 20.2 Å². The lowest BCUT2D eigenvalue weighted by Gasteiger charge is -2.45. The van der Waals surface area contributed by atoms with Gasteiger partial charge in [0.15, 0.2) is 11.5 Å². The summed E-state index contributed by atoms with van der Waals surface area (Å²) >= 11 is 0. The van der Waals surface area contributed by atoms with Crippen LogP contribution in [-0.2, 0) is 4.79 Å². The summed E-state index contributed by atoms with van der Waals surface area (Å²) in [6.07, 6.45) is 1.83. The normalized spacial score (nSPS) is 20.7. The fraction of sp³-hybridized carbons (Fsp3) is 0.391. The van der Waals surface area contributed by atoms with Crippen LogP contribution in [0.3, 0.4) is 0 Å². The Labute approximate surface area is 176 Å². The number of amides is 1. The second-order valence-electron chi connectivity index (χ2n) is 7.91. The summed E-state index contributed by atoms with van der Waals surface area (Å²) in [5.41, 5.74) is 1.64. The lowest BCUT2D eigenvalue weighted by Crippen LogP contribution is -2.56. The molecule has 0 aliphatic carbocycles. The molecule has 1 atom stereocenters. The van der Waals surface area contributed by atoms with E-state index in [1.54, 1.807) is 25.1 Å². The van der Waals surface area contributed by atoms with Crippen LogP contribution in [0.1, 0.15) is 43.4 Å². The number of ether oxygens (including phenoxy) is 1. The van der Waals surface area contributed by atoms with E-state index in [-0.39, 0.29) is 23.4 Å². The minimum atomic E-state index is -0.567. The number of nitrogens with zero attached hydrogens (tertiary/aromatic N) is 2. The Balaban J connectivity index is 1.74. The van der Waals surface area contributed by atoms with E-state index in [4.69, 9.17) is 9.73 Å². The maximum Gasteiger partial charge on any atom is 0.219 e. The fourth-order valence-corrected chi connectivity index (χ4v) is 4.41. The summed E-state index contributed by atoms with van der Waals surface area (Å²) in [5, 5.41) is 24.8. The highest BCUT2D eigenvalue weighted by Gasteiger charge is 2.41. The summed E-state index contributed by atoms with van der Waals surface area (Å²) < 4.78 is 5.29. The molecule has 7 heteroatoms. The number of likely N-dealkylation sites (tertiary alicyclic amines) is 1. The lowest BCUT2D eigenvalue weighted by molar-refractivity contribution is -0.130. The number of hydrogen-bond acceptors (Lipinski definition) is 6. The Hall–Kier alpha value is -3.06. The number of piperidine rings is 1. The predicted molar refractivity (Wildman–Crippen MR) is 114 cm³/mol. The first-order chi connectivity index (χ1) is 14.4. The highest BCUT2D eigenvalue weighted by atomic mass is 16.5. The van der Waals surface area contributed by atoms with E-state index in [2.05, 4.69) is 5.32 Å². The molecule has 1 saturated heterocycles. The van der Waals surface area contributed by atoms with Gasteiger partial charge in [-0.05, 0) is 18.2 Å². The van der Waals surface area contributed by atoms with Crippen molar-refractivity contribution in [2.24, 2.45) is 4.99 Å². The number of methoxy groups -OCH3 is 1. The van der Waals surface area contributed by atoms with Crippen molar-refractivity contribution in [1.29, 1.82) is 0 Å². The number of benzene rings is 2. The number of phenols is 2. The van der Waals surface area contributed by atoms with Crippen LogP contribution in [0.4, 0.5) is 0 Å². The molecular weight excluding hydrogens is 382 g/mol. The highest BCUT2D eigenvalue weighted by molar-refractivity contribution is 6.03. The first-order valence-electron chi connectivity index (χ1n) is 10.2. The van der Waals surface area contributed by atoms with Gasteiger partial charge in [0, 0.05) is 62.2 Å². The van der Waals surface area contributed by atoms with Gasteiger partial charge in [0.25, 0.3) is 0 Å². The van der Waals surface area contributed by atoms with Crippen LogP contribution >= 0.6 is 0 Å². The van der Waals surface area contributed by atoms with Crippen LogP contribution in [0.5, 0.6) is 17.2 Å². The number of carbonyl (C=O) groups excluding carboxylic acids is 1. The first-order valence-corrected chi connectivity index (χ1v) is 10.2. The van der Waals surface area contributed by atoms with Crippen molar-refractivity contribution >= 4 is 11.6 Å². The third kappa shape index (κ3) is 3.73. The number of rotatable bonds is 3. The second kappa shape index (κ2) is 7.99. The summed E-state index contributed by atoms with van der Waals surface area (Å²) in [4.78, 5) is 18.7.